The van der Waals surface area contributed by atoms with Gasteiger partial charge in [-0.05, 0) is 129 Å². The number of nitrogens with zero attached hydrogens (tertiary/aromatic N) is 9. The Kier molecular flexibility index (Phi) is 31.1. The zero-order valence-corrected chi connectivity index (χ0v) is 62.7. The number of H-pyrrole nitrogens is 1. The fourth-order valence-corrected chi connectivity index (χ4v) is 12.5. The van der Waals surface area contributed by atoms with Crippen LogP contribution in [0.4, 0.5) is 20.7 Å². The lowest BCUT2D eigenvalue weighted by Crippen LogP contribution is -2.50. The molecule has 3 amide bonds. The second-order valence-electron chi connectivity index (χ2n) is 29.2. The lowest BCUT2D eigenvalue weighted by molar-refractivity contribution is -0.158. The number of carbonyl (C=O) groups is 6. The molecule has 2 aromatic heterocycles. The number of pyridine rings is 1. The zero-order chi connectivity index (χ0) is 74.1. The third kappa shape index (κ3) is 28.4. The van der Waals surface area contributed by atoms with Crippen LogP contribution in [0.2, 0.25) is 5.02 Å². The number of aryl methyl sites for hydroxylation is 1. The molecule has 0 radical (unpaired) electrons. The van der Waals surface area contributed by atoms with Crippen molar-refractivity contribution >= 4 is 70.0 Å². The predicted molar refractivity (Wildman–Crippen MR) is 392 cm³/mol. The van der Waals surface area contributed by atoms with E-state index in [4.69, 9.17) is 59.5 Å². The first kappa shape index (κ1) is 81.1. The summed E-state index contributed by atoms with van der Waals surface area (Å²) in [5, 5.41) is 6.55. The van der Waals surface area contributed by atoms with Gasteiger partial charge in [0.05, 0.1) is 108 Å². The number of nitrogens with one attached hydrogen (secondary N) is 3. The average molecular weight is 1460 g/mol. The highest BCUT2D eigenvalue weighted by molar-refractivity contribution is 6.31. The van der Waals surface area contributed by atoms with E-state index < -0.39 is 22.9 Å². The molecule has 3 saturated heterocycles. The number of piperazine rings is 1. The normalized spacial score (nSPS) is 16.3. The molecule has 5 heterocycles. The molecule has 103 heavy (non-hydrogen) atoms. The van der Waals surface area contributed by atoms with E-state index in [0.29, 0.717) is 172 Å². The fraction of sp³-hybridized carbons (Fsp3) is 0.600. The van der Waals surface area contributed by atoms with Crippen molar-refractivity contribution in [3.63, 3.8) is 0 Å². The number of anilines is 2. The van der Waals surface area contributed by atoms with Crippen LogP contribution in [0, 0.1) is 12.7 Å². The van der Waals surface area contributed by atoms with Crippen LogP contribution in [0.1, 0.15) is 92.7 Å². The van der Waals surface area contributed by atoms with E-state index >= 15 is 4.39 Å². The fourth-order valence-electron chi connectivity index (χ4n) is 12.3. The molecule has 0 atom stereocenters. The van der Waals surface area contributed by atoms with Crippen LogP contribution < -0.4 is 20.4 Å². The number of piperidine rings is 1. The van der Waals surface area contributed by atoms with Gasteiger partial charge >= 0.3 is 24.0 Å². The number of fused-ring (bicyclic) bond motifs is 1. The van der Waals surface area contributed by atoms with Gasteiger partial charge in [-0.25, -0.2) is 19.2 Å². The number of aromatic nitrogens is 3. The molecule has 0 bridgehead atoms. The Morgan fingerprint density at radius 1 is 0.592 bits per heavy atom. The predicted octanol–water partition coefficient (Wildman–Crippen LogP) is 7.76. The van der Waals surface area contributed by atoms with Crippen LogP contribution in [0.25, 0.3) is 33.5 Å². The number of hydrogen-bond donors (Lipinski definition) is 3. The maximum atomic E-state index is 15.3. The monoisotopic (exact) mass is 1450 g/mol. The highest BCUT2D eigenvalue weighted by Crippen LogP contribution is 2.45. The number of rotatable bonds is 30. The van der Waals surface area contributed by atoms with Crippen LogP contribution in [0.15, 0.2) is 72.9 Å². The van der Waals surface area contributed by atoms with Gasteiger partial charge in [-0.2, -0.15) is 0 Å². The van der Waals surface area contributed by atoms with Gasteiger partial charge in [0.1, 0.15) is 40.9 Å². The highest BCUT2D eigenvalue weighted by Gasteiger charge is 2.34. The van der Waals surface area contributed by atoms with Crippen molar-refractivity contribution in [1.29, 1.82) is 0 Å². The zero-order valence-electron chi connectivity index (χ0n) is 61.9. The molecule has 5 aromatic rings. The van der Waals surface area contributed by atoms with E-state index in [9.17, 15) is 28.8 Å². The molecule has 0 unspecified atom stereocenters. The number of ether oxygens (including phenoxy) is 8. The number of halogens is 2. The molecule has 0 aliphatic carbocycles. The standard InChI is InChI=1S/C75H108ClFN12O14/c1-54-44-56(46-58(77)45-54)60-48-79-71(68(70-81-61-17-16-57(76)47-62(61)82-70)69(60)88-22-18-59(19-23-88)80-72(95)100-53-55-14-12-11-13-15-55)89-34-32-87(33-35-89)64(91)20-36-96-38-40-98-42-43-99-41-39-97-37-21-78-63(90)49-83-24-26-84(50-65(92)101-73(2,3)4)28-30-86(52-67(94)103-75(8,9)10)31-29-85(27-25-83)51-66(93)102-74(5,6)7/h11-17,44-48,59H,18-43,49-53H2,1-10H3,(H,78,90)(H,80,95)(H,81,82). The molecule has 566 valence electrons. The number of alkyl carbamates (subject to hydrolysis) is 1. The van der Waals surface area contributed by atoms with Crippen LogP contribution in [-0.2, 0) is 68.5 Å². The first-order chi connectivity index (χ1) is 49.1. The number of carbonyl (C=O) groups excluding carboxylic acids is 6. The van der Waals surface area contributed by atoms with Crippen molar-refractivity contribution in [2.75, 3.05) is 187 Å². The smallest absolute Gasteiger partial charge is 0.407 e. The summed E-state index contributed by atoms with van der Waals surface area (Å²) in [6.45, 7) is 27.7. The van der Waals surface area contributed by atoms with Crippen molar-refractivity contribution in [3.05, 3.63) is 94.9 Å². The van der Waals surface area contributed by atoms with Gasteiger partial charge in [0.25, 0.3) is 0 Å². The summed E-state index contributed by atoms with van der Waals surface area (Å²) in [6.07, 6.45) is 2.77. The van der Waals surface area contributed by atoms with Crippen molar-refractivity contribution in [2.24, 2.45) is 0 Å². The van der Waals surface area contributed by atoms with Gasteiger partial charge in [-0.3, -0.25) is 43.6 Å². The molecule has 3 aliphatic heterocycles. The van der Waals surface area contributed by atoms with E-state index in [-0.39, 0.29) is 101 Å². The average Bonchev–Trinajstić information content (AvgIpc) is 1.60. The Balaban J connectivity index is 0.747. The number of amides is 3. The largest absolute Gasteiger partial charge is 0.459 e. The topological polar surface area (TPSA) is 265 Å². The van der Waals surface area contributed by atoms with Crippen LogP contribution in [0.5, 0.6) is 0 Å². The Hall–Kier alpha value is -7.60. The van der Waals surface area contributed by atoms with Crippen molar-refractivity contribution < 1.29 is 71.1 Å². The molecule has 3 aliphatic rings. The van der Waals surface area contributed by atoms with E-state index in [1.165, 1.54) is 12.1 Å². The maximum absolute atomic E-state index is 15.3. The SMILES string of the molecule is Cc1cc(F)cc(-c2cnc(N3CCN(C(=O)CCOCCOCCOCCOCCNC(=O)CN4CCN(CC(=O)OC(C)(C)C)CCN(CC(=O)OC(C)(C)C)CCN(CC(=O)OC(C)(C)C)CC4)CC3)c(-c3nc4cc(Cl)ccc4[nH]3)c2N2CCC(NC(=O)OCc3ccccc3)CC2)c1. The first-order valence-electron chi connectivity index (χ1n) is 35.9. The Bertz CT molecular complexity index is 3490. The minimum atomic E-state index is -0.676. The second kappa shape index (κ2) is 39.5. The summed E-state index contributed by atoms with van der Waals surface area (Å²) >= 11 is 6.49. The van der Waals surface area contributed by atoms with Gasteiger partial charge in [-0.1, -0.05) is 48.0 Å². The molecule has 8 rings (SSSR count). The molecule has 3 aromatic carbocycles. The van der Waals surface area contributed by atoms with Crippen LogP contribution in [0.3, 0.4) is 0 Å². The molecule has 26 nitrogen and oxygen atoms in total. The van der Waals surface area contributed by atoms with E-state index in [0.717, 1.165) is 33.5 Å². The van der Waals surface area contributed by atoms with Crippen LogP contribution >= 0.6 is 11.6 Å². The highest BCUT2D eigenvalue weighted by atomic mass is 35.5. The lowest BCUT2D eigenvalue weighted by Gasteiger charge is -2.39. The van der Waals surface area contributed by atoms with E-state index in [2.05, 4.69) is 25.4 Å². The van der Waals surface area contributed by atoms with Crippen molar-refractivity contribution in [1.82, 2.24) is 50.1 Å². The number of aromatic amines is 1. The number of benzene rings is 3. The van der Waals surface area contributed by atoms with Gasteiger partial charge in [0, 0.05) is 121 Å². The molecular formula is C75H108ClFN12O14. The summed E-state index contributed by atoms with van der Waals surface area (Å²) in [5.74, 6) is -0.482. The lowest BCUT2D eigenvalue weighted by atomic mass is 9.96. The third-order valence-corrected chi connectivity index (χ3v) is 17.3. The van der Waals surface area contributed by atoms with E-state index in [1.807, 2.05) is 142 Å². The number of hydrogen-bond acceptors (Lipinski definition) is 22. The van der Waals surface area contributed by atoms with Crippen LogP contribution in [-0.4, -0.2) is 275 Å². The van der Waals surface area contributed by atoms with E-state index in [1.54, 1.807) is 12.3 Å². The van der Waals surface area contributed by atoms with Crippen molar-refractivity contribution in [3.8, 4) is 22.5 Å². The summed E-state index contributed by atoms with van der Waals surface area (Å²) in [4.78, 5) is 107. The summed E-state index contributed by atoms with van der Waals surface area (Å²) in [7, 11) is 0. The Labute approximate surface area is 610 Å². The molecule has 3 fully saturated rings. The van der Waals surface area contributed by atoms with Gasteiger partial charge in [-0.15, -0.1) is 0 Å². The quantitative estimate of drug-likeness (QED) is 0.0225. The summed E-state index contributed by atoms with van der Waals surface area (Å²) in [6, 6.07) is 19.9. The van der Waals surface area contributed by atoms with Gasteiger partial charge < -0.3 is 68.2 Å². The molecule has 0 spiro atoms. The van der Waals surface area contributed by atoms with Gasteiger partial charge in [0.2, 0.25) is 11.8 Å². The Morgan fingerprint density at radius 2 is 1.11 bits per heavy atom. The molecule has 3 N–H and O–H groups in total. The maximum Gasteiger partial charge on any atom is 0.407 e. The molecular weight excluding hydrogens is 1350 g/mol. The summed E-state index contributed by atoms with van der Waals surface area (Å²) < 4.78 is 60.9. The van der Waals surface area contributed by atoms with Crippen molar-refractivity contribution in [2.45, 2.75) is 118 Å². The number of esters is 3. The first-order valence-corrected chi connectivity index (χ1v) is 36.3. The molecule has 0 saturated carbocycles. The second-order valence-corrected chi connectivity index (χ2v) is 29.7. The minimum absolute atomic E-state index is 0.0237. The third-order valence-electron chi connectivity index (χ3n) is 17.1. The molecule has 28 heteroatoms. The Morgan fingerprint density at radius 3 is 1.63 bits per heavy atom. The minimum Gasteiger partial charge on any atom is -0.459 e. The number of imidazole rings is 1. The summed E-state index contributed by atoms with van der Waals surface area (Å²) in [5.41, 5.74) is 4.05. The van der Waals surface area contributed by atoms with Gasteiger partial charge in [0.15, 0.2) is 0 Å².